The third-order valence-electron chi connectivity index (χ3n) is 2.36. The molecule has 0 amide bonds. The molecule has 3 nitrogen and oxygen atoms in total. The fraction of sp³-hybridized carbons (Fsp3) is 0.417. The summed E-state index contributed by atoms with van der Waals surface area (Å²) in [6.07, 6.45) is -4.37. The van der Waals surface area contributed by atoms with Crippen molar-refractivity contribution in [2.75, 3.05) is 12.9 Å². The van der Waals surface area contributed by atoms with Crippen LogP contribution in [0.25, 0.3) is 0 Å². The van der Waals surface area contributed by atoms with E-state index in [2.05, 4.69) is 4.74 Å². The fourth-order valence-electron chi connectivity index (χ4n) is 1.40. The van der Waals surface area contributed by atoms with Gasteiger partial charge in [-0.1, -0.05) is 6.07 Å². The first-order chi connectivity index (χ1) is 8.88. The average Bonchev–Trinajstić information content (AvgIpc) is 2.37. The van der Waals surface area contributed by atoms with E-state index in [1.54, 1.807) is 0 Å². The monoisotopic (exact) mass is 294 g/mol. The number of carbonyl (C=O) groups excluding carboxylic acids is 1. The number of thioether (sulfide) groups is 1. The van der Waals surface area contributed by atoms with Gasteiger partial charge in [0.25, 0.3) is 0 Å². The van der Waals surface area contributed by atoms with E-state index in [1.165, 1.54) is 19.2 Å². The standard InChI is InChI=1S/C12H13F3O3S/c1-18-11(17)4-5-19-9-3-2-8(7-16)10(6-9)12(13,14)15/h2-3,6,16H,4-5,7H2,1H3. The molecule has 19 heavy (non-hydrogen) atoms. The number of rotatable bonds is 5. The van der Waals surface area contributed by atoms with Gasteiger partial charge in [-0.3, -0.25) is 4.79 Å². The summed E-state index contributed by atoms with van der Waals surface area (Å²) in [4.78, 5) is 11.3. The van der Waals surface area contributed by atoms with E-state index in [0.717, 1.165) is 17.8 Å². The quantitative estimate of drug-likeness (QED) is 0.670. The Labute approximate surface area is 112 Å². The molecular weight excluding hydrogens is 281 g/mol. The van der Waals surface area contributed by atoms with Crippen LogP contribution in [0.1, 0.15) is 17.5 Å². The first kappa shape index (κ1) is 15.8. The van der Waals surface area contributed by atoms with Crippen LogP contribution < -0.4 is 0 Å². The lowest BCUT2D eigenvalue weighted by atomic mass is 10.1. The van der Waals surface area contributed by atoms with Crippen molar-refractivity contribution in [3.63, 3.8) is 0 Å². The Morgan fingerprint density at radius 3 is 2.63 bits per heavy atom. The minimum Gasteiger partial charge on any atom is -0.469 e. The molecule has 0 saturated carbocycles. The lowest BCUT2D eigenvalue weighted by Gasteiger charge is -2.12. The number of ether oxygens (including phenoxy) is 1. The number of benzene rings is 1. The molecule has 0 fully saturated rings. The summed E-state index contributed by atoms with van der Waals surface area (Å²) in [6.45, 7) is -0.665. The van der Waals surface area contributed by atoms with Crippen LogP contribution in [-0.2, 0) is 22.3 Å². The van der Waals surface area contributed by atoms with Crippen LogP contribution in [0.3, 0.4) is 0 Å². The van der Waals surface area contributed by atoms with Crippen molar-refractivity contribution in [2.24, 2.45) is 0 Å². The van der Waals surface area contributed by atoms with Gasteiger partial charge in [-0.2, -0.15) is 13.2 Å². The largest absolute Gasteiger partial charge is 0.469 e. The molecule has 1 rings (SSSR count). The Bertz CT molecular complexity index is 446. The number of alkyl halides is 3. The number of halogens is 3. The molecule has 106 valence electrons. The number of aliphatic hydroxyl groups is 1. The molecule has 0 radical (unpaired) electrons. The Morgan fingerprint density at radius 2 is 2.11 bits per heavy atom. The van der Waals surface area contributed by atoms with Crippen LogP contribution in [0.2, 0.25) is 0 Å². The Kier molecular flexibility index (Phi) is 5.68. The van der Waals surface area contributed by atoms with Crippen molar-refractivity contribution >= 4 is 17.7 Å². The van der Waals surface area contributed by atoms with Crippen LogP contribution in [0.15, 0.2) is 23.1 Å². The summed E-state index contributed by atoms with van der Waals surface area (Å²) in [6, 6.07) is 3.71. The maximum atomic E-state index is 12.7. The van der Waals surface area contributed by atoms with Gasteiger partial charge in [-0.15, -0.1) is 11.8 Å². The molecule has 1 N–H and O–H groups in total. The molecule has 0 aliphatic rings. The first-order valence-electron chi connectivity index (χ1n) is 5.39. The third kappa shape index (κ3) is 4.76. The fourth-order valence-corrected chi connectivity index (χ4v) is 2.27. The minimum atomic E-state index is -4.50. The van der Waals surface area contributed by atoms with E-state index >= 15 is 0 Å². The highest BCUT2D eigenvalue weighted by Crippen LogP contribution is 2.34. The SMILES string of the molecule is COC(=O)CCSc1ccc(CO)c(C(F)(F)F)c1. The molecule has 1 aromatic rings. The summed E-state index contributed by atoms with van der Waals surface area (Å²) in [5, 5.41) is 8.89. The lowest BCUT2D eigenvalue weighted by Crippen LogP contribution is -2.09. The maximum Gasteiger partial charge on any atom is 0.416 e. The van der Waals surface area contributed by atoms with E-state index < -0.39 is 24.3 Å². The van der Waals surface area contributed by atoms with Crippen LogP contribution in [-0.4, -0.2) is 23.9 Å². The summed E-state index contributed by atoms with van der Waals surface area (Å²) in [5.74, 6) is -0.0712. The van der Waals surface area contributed by atoms with Gasteiger partial charge in [0.15, 0.2) is 0 Å². The van der Waals surface area contributed by atoms with Gasteiger partial charge in [0.05, 0.1) is 25.7 Å². The molecule has 0 saturated heterocycles. The third-order valence-corrected chi connectivity index (χ3v) is 3.36. The number of methoxy groups -OCH3 is 1. The molecule has 0 aromatic heterocycles. The van der Waals surface area contributed by atoms with Crippen molar-refractivity contribution in [1.29, 1.82) is 0 Å². The van der Waals surface area contributed by atoms with Gasteiger partial charge in [0, 0.05) is 10.6 Å². The van der Waals surface area contributed by atoms with Crippen molar-refractivity contribution in [3.8, 4) is 0 Å². The van der Waals surface area contributed by atoms with E-state index in [1.807, 2.05) is 0 Å². The summed E-state index contributed by atoms with van der Waals surface area (Å²) >= 11 is 1.13. The maximum absolute atomic E-state index is 12.7. The molecule has 0 atom stereocenters. The average molecular weight is 294 g/mol. The molecular formula is C12H13F3O3S. The van der Waals surface area contributed by atoms with Gasteiger partial charge < -0.3 is 9.84 Å². The van der Waals surface area contributed by atoms with Crippen LogP contribution >= 0.6 is 11.8 Å². The number of esters is 1. The second-order valence-electron chi connectivity index (χ2n) is 3.65. The van der Waals surface area contributed by atoms with E-state index in [-0.39, 0.29) is 12.0 Å². The molecule has 0 spiro atoms. The second kappa shape index (κ2) is 6.81. The highest BCUT2D eigenvalue weighted by Gasteiger charge is 2.33. The second-order valence-corrected chi connectivity index (χ2v) is 4.82. The van der Waals surface area contributed by atoms with E-state index in [0.29, 0.717) is 10.6 Å². The van der Waals surface area contributed by atoms with Crippen molar-refractivity contribution in [1.82, 2.24) is 0 Å². The van der Waals surface area contributed by atoms with Crippen molar-refractivity contribution in [2.45, 2.75) is 24.1 Å². The smallest absolute Gasteiger partial charge is 0.416 e. The zero-order valence-corrected chi connectivity index (χ0v) is 11.0. The highest BCUT2D eigenvalue weighted by molar-refractivity contribution is 7.99. The zero-order chi connectivity index (χ0) is 14.5. The lowest BCUT2D eigenvalue weighted by molar-refractivity contribution is -0.140. The molecule has 7 heteroatoms. The van der Waals surface area contributed by atoms with Gasteiger partial charge in [-0.25, -0.2) is 0 Å². The number of hydrogen-bond donors (Lipinski definition) is 1. The number of hydrogen-bond acceptors (Lipinski definition) is 4. The predicted octanol–water partition coefficient (Wildman–Crippen LogP) is 2.85. The highest BCUT2D eigenvalue weighted by atomic mass is 32.2. The van der Waals surface area contributed by atoms with Crippen LogP contribution in [0.4, 0.5) is 13.2 Å². The molecule has 1 aromatic carbocycles. The van der Waals surface area contributed by atoms with E-state index in [4.69, 9.17) is 5.11 Å². The Balaban J connectivity index is 2.78. The zero-order valence-electron chi connectivity index (χ0n) is 10.2. The van der Waals surface area contributed by atoms with Gasteiger partial charge in [-0.05, 0) is 17.7 Å². The normalized spacial score (nSPS) is 11.4. The number of carbonyl (C=O) groups is 1. The molecule has 0 aliphatic carbocycles. The first-order valence-corrected chi connectivity index (χ1v) is 6.37. The van der Waals surface area contributed by atoms with Crippen LogP contribution in [0, 0.1) is 0 Å². The molecule has 0 bridgehead atoms. The van der Waals surface area contributed by atoms with E-state index in [9.17, 15) is 18.0 Å². The Hall–Kier alpha value is -1.21. The molecule has 0 unspecified atom stereocenters. The molecule has 0 aliphatic heterocycles. The topological polar surface area (TPSA) is 46.5 Å². The van der Waals surface area contributed by atoms with Gasteiger partial charge in [0.1, 0.15) is 0 Å². The van der Waals surface area contributed by atoms with Gasteiger partial charge >= 0.3 is 12.1 Å². The summed E-state index contributed by atoms with van der Waals surface area (Å²) in [7, 11) is 1.25. The predicted molar refractivity (Wildman–Crippen MR) is 64.7 cm³/mol. The summed E-state index contributed by atoms with van der Waals surface area (Å²) < 4.78 is 42.6. The van der Waals surface area contributed by atoms with Crippen molar-refractivity contribution < 1.29 is 27.8 Å². The van der Waals surface area contributed by atoms with Gasteiger partial charge in [0.2, 0.25) is 0 Å². The van der Waals surface area contributed by atoms with Crippen molar-refractivity contribution in [3.05, 3.63) is 29.3 Å². The summed E-state index contributed by atoms with van der Waals surface area (Å²) in [5.41, 5.74) is -1.01. The van der Waals surface area contributed by atoms with Crippen LogP contribution in [0.5, 0.6) is 0 Å². The minimum absolute atomic E-state index is 0.129. The Morgan fingerprint density at radius 1 is 1.42 bits per heavy atom. The molecule has 0 heterocycles. The number of aliphatic hydroxyl groups excluding tert-OH is 1.